The molecular weight excluding hydrogens is 266 g/mol. The van der Waals surface area contributed by atoms with E-state index in [1.807, 2.05) is 0 Å². The SMILES string of the molecule is O=C(O)Cc1ccccc1NC(=O)CCCC1CCCC1. The van der Waals surface area contributed by atoms with Gasteiger partial charge in [0.15, 0.2) is 0 Å². The summed E-state index contributed by atoms with van der Waals surface area (Å²) in [7, 11) is 0. The maximum absolute atomic E-state index is 12.0. The number of para-hydroxylation sites is 1. The molecule has 0 bridgehead atoms. The van der Waals surface area contributed by atoms with Crippen LogP contribution in [0.3, 0.4) is 0 Å². The second-order valence-corrected chi connectivity index (χ2v) is 5.82. The van der Waals surface area contributed by atoms with E-state index in [0.717, 1.165) is 18.8 Å². The van der Waals surface area contributed by atoms with E-state index in [-0.39, 0.29) is 12.3 Å². The number of aliphatic carboxylic acids is 1. The van der Waals surface area contributed by atoms with Crippen molar-refractivity contribution in [1.29, 1.82) is 0 Å². The van der Waals surface area contributed by atoms with Gasteiger partial charge in [0.2, 0.25) is 5.91 Å². The molecule has 0 radical (unpaired) electrons. The number of carboxylic acid groups (broad SMARTS) is 1. The van der Waals surface area contributed by atoms with Crippen LogP contribution in [0.15, 0.2) is 24.3 Å². The largest absolute Gasteiger partial charge is 0.481 e. The molecule has 4 heteroatoms. The summed E-state index contributed by atoms with van der Waals surface area (Å²) in [5, 5.41) is 11.7. The molecule has 2 N–H and O–H groups in total. The Hall–Kier alpha value is -1.84. The first-order valence-corrected chi connectivity index (χ1v) is 7.74. The quantitative estimate of drug-likeness (QED) is 0.805. The number of benzene rings is 1. The maximum Gasteiger partial charge on any atom is 0.307 e. The summed E-state index contributed by atoms with van der Waals surface area (Å²) in [6, 6.07) is 7.09. The smallest absolute Gasteiger partial charge is 0.307 e. The van der Waals surface area contributed by atoms with Crippen molar-refractivity contribution in [3.63, 3.8) is 0 Å². The van der Waals surface area contributed by atoms with Crippen molar-refractivity contribution in [2.24, 2.45) is 5.92 Å². The van der Waals surface area contributed by atoms with E-state index >= 15 is 0 Å². The number of nitrogens with one attached hydrogen (secondary N) is 1. The van der Waals surface area contributed by atoms with Gasteiger partial charge in [0.05, 0.1) is 6.42 Å². The zero-order valence-electron chi connectivity index (χ0n) is 12.3. The van der Waals surface area contributed by atoms with Crippen LogP contribution < -0.4 is 5.32 Å². The van der Waals surface area contributed by atoms with Gasteiger partial charge >= 0.3 is 5.97 Å². The number of anilines is 1. The molecule has 0 aliphatic heterocycles. The van der Waals surface area contributed by atoms with Crippen molar-refractivity contribution in [1.82, 2.24) is 0 Å². The standard InChI is InChI=1S/C17H23NO3/c19-16(11-5-8-13-6-1-2-7-13)18-15-10-4-3-9-14(15)12-17(20)21/h3-4,9-10,13H,1-2,5-8,11-12H2,(H,18,19)(H,20,21). The Morgan fingerprint density at radius 1 is 1.19 bits per heavy atom. The number of amides is 1. The Balaban J connectivity index is 1.80. The van der Waals surface area contributed by atoms with Crippen LogP contribution in [0, 0.1) is 5.92 Å². The molecule has 2 rings (SSSR count). The van der Waals surface area contributed by atoms with Crippen LogP contribution in [0.2, 0.25) is 0 Å². The molecule has 1 amide bonds. The fourth-order valence-corrected chi connectivity index (χ4v) is 3.02. The van der Waals surface area contributed by atoms with Crippen LogP contribution in [0.5, 0.6) is 0 Å². The van der Waals surface area contributed by atoms with Crippen LogP contribution in [0.4, 0.5) is 5.69 Å². The van der Waals surface area contributed by atoms with Crippen molar-refractivity contribution in [2.45, 2.75) is 51.4 Å². The molecule has 114 valence electrons. The van der Waals surface area contributed by atoms with E-state index in [1.165, 1.54) is 25.7 Å². The molecule has 1 aliphatic rings. The molecule has 1 aromatic carbocycles. The van der Waals surface area contributed by atoms with Crippen LogP contribution in [0.1, 0.15) is 50.5 Å². The van der Waals surface area contributed by atoms with Gasteiger partial charge < -0.3 is 10.4 Å². The van der Waals surface area contributed by atoms with Crippen molar-refractivity contribution in [3.8, 4) is 0 Å². The second-order valence-electron chi connectivity index (χ2n) is 5.82. The average molecular weight is 289 g/mol. The van der Waals surface area contributed by atoms with E-state index < -0.39 is 5.97 Å². The topological polar surface area (TPSA) is 66.4 Å². The molecule has 21 heavy (non-hydrogen) atoms. The Morgan fingerprint density at radius 3 is 2.62 bits per heavy atom. The average Bonchev–Trinajstić information content (AvgIpc) is 2.93. The normalized spacial score (nSPS) is 15.0. The summed E-state index contributed by atoms with van der Waals surface area (Å²) in [4.78, 5) is 22.8. The minimum atomic E-state index is -0.891. The predicted octanol–water partition coefficient (Wildman–Crippen LogP) is 3.61. The molecule has 0 unspecified atom stereocenters. The first-order valence-electron chi connectivity index (χ1n) is 7.74. The maximum atomic E-state index is 12.0. The van der Waals surface area contributed by atoms with E-state index in [4.69, 9.17) is 5.11 Å². The van der Waals surface area contributed by atoms with Gasteiger partial charge in [-0.15, -0.1) is 0 Å². The minimum absolute atomic E-state index is 0.0224. The van der Waals surface area contributed by atoms with Crippen molar-refractivity contribution in [3.05, 3.63) is 29.8 Å². The molecule has 1 aromatic rings. The van der Waals surface area contributed by atoms with E-state index in [0.29, 0.717) is 17.7 Å². The van der Waals surface area contributed by atoms with Gasteiger partial charge in [0, 0.05) is 12.1 Å². The molecule has 4 nitrogen and oxygen atoms in total. The summed E-state index contributed by atoms with van der Waals surface area (Å²) in [6.07, 6.45) is 7.77. The van der Waals surface area contributed by atoms with E-state index in [9.17, 15) is 9.59 Å². The number of carboxylic acids is 1. The first kappa shape index (κ1) is 15.5. The lowest BCUT2D eigenvalue weighted by Crippen LogP contribution is -2.14. The second kappa shape index (κ2) is 7.81. The minimum Gasteiger partial charge on any atom is -0.481 e. The third-order valence-electron chi connectivity index (χ3n) is 4.12. The molecule has 0 aromatic heterocycles. The van der Waals surface area contributed by atoms with E-state index in [2.05, 4.69) is 5.32 Å². The Kier molecular flexibility index (Phi) is 5.78. The monoisotopic (exact) mass is 289 g/mol. The molecular formula is C17H23NO3. The zero-order chi connectivity index (χ0) is 15.1. The fourth-order valence-electron chi connectivity index (χ4n) is 3.02. The van der Waals surface area contributed by atoms with Gasteiger partial charge in [0.1, 0.15) is 0 Å². The highest BCUT2D eigenvalue weighted by molar-refractivity contribution is 5.92. The van der Waals surface area contributed by atoms with Crippen molar-refractivity contribution in [2.75, 3.05) is 5.32 Å². The Bertz CT molecular complexity index is 493. The van der Waals surface area contributed by atoms with Crippen molar-refractivity contribution < 1.29 is 14.7 Å². The summed E-state index contributed by atoms with van der Waals surface area (Å²) in [6.45, 7) is 0. The lowest BCUT2D eigenvalue weighted by molar-refractivity contribution is -0.136. The number of carbonyl (C=O) groups is 2. The zero-order valence-corrected chi connectivity index (χ0v) is 12.3. The summed E-state index contributed by atoms with van der Waals surface area (Å²) in [5.41, 5.74) is 1.26. The van der Waals surface area contributed by atoms with Gasteiger partial charge in [-0.25, -0.2) is 0 Å². The molecule has 1 aliphatic carbocycles. The third kappa shape index (κ3) is 5.21. The van der Waals surface area contributed by atoms with Gasteiger partial charge in [-0.2, -0.15) is 0 Å². The number of hydrogen-bond donors (Lipinski definition) is 2. The van der Waals surface area contributed by atoms with Crippen molar-refractivity contribution >= 4 is 17.6 Å². The highest BCUT2D eigenvalue weighted by Crippen LogP contribution is 2.29. The molecule has 1 saturated carbocycles. The summed E-state index contributed by atoms with van der Waals surface area (Å²) in [5.74, 6) is -0.110. The summed E-state index contributed by atoms with van der Waals surface area (Å²) >= 11 is 0. The number of carbonyl (C=O) groups excluding carboxylic acids is 1. The van der Waals surface area contributed by atoms with Crippen LogP contribution in [-0.2, 0) is 16.0 Å². The van der Waals surface area contributed by atoms with Crippen LogP contribution >= 0.6 is 0 Å². The lowest BCUT2D eigenvalue weighted by Gasteiger charge is -2.11. The first-order chi connectivity index (χ1) is 10.1. The molecule has 0 atom stereocenters. The van der Waals surface area contributed by atoms with Gasteiger partial charge in [0.25, 0.3) is 0 Å². The van der Waals surface area contributed by atoms with Gasteiger partial charge in [-0.3, -0.25) is 9.59 Å². The molecule has 0 saturated heterocycles. The van der Waals surface area contributed by atoms with E-state index in [1.54, 1.807) is 24.3 Å². The molecule has 0 spiro atoms. The highest BCUT2D eigenvalue weighted by atomic mass is 16.4. The highest BCUT2D eigenvalue weighted by Gasteiger charge is 2.15. The van der Waals surface area contributed by atoms with Crippen LogP contribution in [-0.4, -0.2) is 17.0 Å². The molecule has 0 heterocycles. The van der Waals surface area contributed by atoms with Crippen LogP contribution in [0.25, 0.3) is 0 Å². The predicted molar refractivity (Wildman–Crippen MR) is 82.2 cm³/mol. The third-order valence-corrected chi connectivity index (χ3v) is 4.12. The van der Waals surface area contributed by atoms with Gasteiger partial charge in [-0.05, 0) is 30.4 Å². The fraction of sp³-hybridized carbons (Fsp3) is 0.529. The lowest BCUT2D eigenvalue weighted by atomic mass is 10.0. The number of hydrogen-bond acceptors (Lipinski definition) is 2. The Labute approximate surface area is 125 Å². The Morgan fingerprint density at radius 2 is 1.90 bits per heavy atom. The van der Waals surface area contributed by atoms with Gasteiger partial charge in [-0.1, -0.05) is 43.9 Å². The molecule has 1 fully saturated rings. The summed E-state index contributed by atoms with van der Waals surface area (Å²) < 4.78 is 0. The number of rotatable bonds is 7.